The standard InChI is InChI=1S/C13H24N2O2/c1-4-6-12-11(9-17)13(3,7-5-8-16)15-10(2)14-12/h9,11-12,16H,4-8H2,1-3H3,(H,14,15). The van der Waals surface area contributed by atoms with Gasteiger partial charge in [0.05, 0.1) is 17.8 Å². The number of hydrogen-bond acceptors (Lipinski definition) is 4. The maximum absolute atomic E-state index is 11.4. The topological polar surface area (TPSA) is 61.7 Å². The Labute approximate surface area is 104 Å². The predicted molar refractivity (Wildman–Crippen MR) is 69.2 cm³/mol. The summed E-state index contributed by atoms with van der Waals surface area (Å²) in [4.78, 5) is 15.9. The Morgan fingerprint density at radius 2 is 2.29 bits per heavy atom. The Kier molecular flexibility index (Phi) is 5.12. The summed E-state index contributed by atoms with van der Waals surface area (Å²) < 4.78 is 0. The van der Waals surface area contributed by atoms with E-state index < -0.39 is 0 Å². The first kappa shape index (κ1) is 14.2. The number of carbonyl (C=O) groups is 1. The van der Waals surface area contributed by atoms with Crippen LogP contribution in [-0.2, 0) is 4.79 Å². The van der Waals surface area contributed by atoms with E-state index in [0.717, 1.165) is 31.4 Å². The number of nitrogens with zero attached hydrogens (tertiary/aromatic N) is 1. The molecule has 0 fully saturated rings. The number of carbonyl (C=O) groups excluding carboxylic acids is 1. The van der Waals surface area contributed by atoms with E-state index in [1.165, 1.54) is 0 Å². The van der Waals surface area contributed by atoms with E-state index in [4.69, 9.17) is 5.11 Å². The van der Waals surface area contributed by atoms with Crippen LogP contribution < -0.4 is 5.32 Å². The van der Waals surface area contributed by atoms with Crippen molar-refractivity contribution >= 4 is 12.1 Å². The number of aliphatic imine (C=N–C) groups is 1. The zero-order valence-corrected chi connectivity index (χ0v) is 11.1. The molecule has 98 valence electrons. The van der Waals surface area contributed by atoms with Crippen LogP contribution in [0.5, 0.6) is 0 Å². The van der Waals surface area contributed by atoms with Crippen LogP contribution in [0, 0.1) is 5.92 Å². The van der Waals surface area contributed by atoms with Crippen LogP contribution in [-0.4, -0.2) is 35.4 Å². The van der Waals surface area contributed by atoms with Gasteiger partial charge in [0, 0.05) is 12.1 Å². The maximum Gasteiger partial charge on any atom is 0.127 e. The molecule has 4 heteroatoms. The van der Waals surface area contributed by atoms with Crippen LogP contribution in [0.15, 0.2) is 4.99 Å². The molecule has 0 aromatic heterocycles. The highest BCUT2D eigenvalue weighted by Crippen LogP contribution is 2.31. The first-order chi connectivity index (χ1) is 8.07. The minimum absolute atomic E-state index is 0.0856. The number of rotatable bonds is 6. The van der Waals surface area contributed by atoms with E-state index in [1.807, 2.05) is 6.92 Å². The average molecular weight is 240 g/mol. The summed E-state index contributed by atoms with van der Waals surface area (Å²) in [5, 5.41) is 12.3. The summed E-state index contributed by atoms with van der Waals surface area (Å²) in [6.07, 6.45) is 4.50. The van der Waals surface area contributed by atoms with Gasteiger partial charge in [0.15, 0.2) is 0 Å². The molecule has 0 saturated carbocycles. The lowest BCUT2D eigenvalue weighted by molar-refractivity contribution is -0.114. The Morgan fingerprint density at radius 1 is 1.59 bits per heavy atom. The second-order valence-corrected chi connectivity index (χ2v) is 5.10. The lowest BCUT2D eigenvalue weighted by atomic mass is 9.76. The summed E-state index contributed by atoms with van der Waals surface area (Å²) in [5.41, 5.74) is -0.268. The largest absolute Gasteiger partial charge is 0.396 e. The van der Waals surface area contributed by atoms with Crippen LogP contribution in [0.4, 0.5) is 0 Å². The third-order valence-corrected chi connectivity index (χ3v) is 3.56. The monoisotopic (exact) mass is 240 g/mol. The molecule has 0 bridgehead atoms. The van der Waals surface area contributed by atoms with Crippen molar-refractivity contribution in [3.05, 3.63) is 0 Å². The van der Waals surface area contributed by atoms with Crippen molar-refractivity contribution in [3.63, 3.8) is 0 Å². The van der Waals surface area contributed by atoms with Gasteiger partial charge in [0.2, 0.25) is 0 Å². The number of aldehydes is 1. The van der Waals surface area contributed by atoms with Crippen molar-refractivity contribution in [1.82, 2.24) is 5.32 Å². The zero-order chi connectivity index (χ0) is 12.9. The van der Waals surface area contributed by atoms with Gasteiger partial charge in [-0.2, -0.15) is 0 Å². The molecule has 0 radical (unpaired) electrons. The van der Waals surface area contributed by atoms with Gasteiger partial charge in [-0.25, -0.2) is 0 Å². The molecule has 0 amide bonds. The minimum Gasteiger partial charge on any atom is -0.396 e. The van der Waals surface area contributed by atoms with Gasteiger partial charge in [-0.3, -0.25) is 4.99 Å². The molecule has 1 aliphatic heterocycles. The Morgan fingerprint density at radius 3 is 2.82 bits per heavy atom. The van der Waals surface area contributed by atoms with Crippen molar-refractivity contribution in [2.75, 3.05) is 6.61 Å². The molecule has 3 atom stereocenters. The summed E-state index contributed by atoms with van der Waals surface area (Å²) in [6, 6.07) is 0.0856. The van der Waals surface area contributed by atoms with Crippen molar-refractivity contribution < 1.29 is 9.90 Å². The summed E-state index contributed by atoms with van der Waals surface area (Å²) in [7, 11) is 0. The number of aliphatic hydroxyl groups excluding tert-OH is 1. The van der Waals surface area contributed by atoms with Gasteiger partial charge in [0.1, 0.15) is 6.29 Å². The van der Waals surface area contributed by atoms with E-state index in [0.29, 0.717) is 6.42 Å². The Balaban J connectivity index is 2.89. The van der Waals surface area contributed by atoms with Gasteiger partial charge >= 0.3 is 0 Å². The third kappa shape index (κ3) is 3.28. The summed E-state index contributed by atoms with van der Waals surface area (Å²) >= 11 is 0. The van der Waals surface area contributed by atoms with E-state index in [-0.39, 0.29) is 24.1 Å². The van der Waals surface area contributed by atoms with Crippen LogP contribution in [0.25, 0.3) is 0 Å². The normalized spacial score (nSPS) is 32.8. The quantitative estimate of drug-likeness (QED) is 0.692. The number of nitrogens with one attached hydrogen (secondary N) is 1. The minimum atomic E-state index is -0.268. The van der Waals surface area contributed by atoms with Gasteiger partial charge < -0.3 is 15.2 Å². The highest BCUT2D eigenvalue weighted by atomic mass is 16.2. The van der Waals surface area contributed by atoms with E-state index in [9.17, 15) is 4.79 Å². The first-order valence-corrected chi connectivity index (χ1v) is 6.46. The van der Waals surface area contributed by atoms with Crippen LogP contribution in [0.3, 0.4) is 0 Å². The van der Waals surface area contributed by atoms with Gasteiger partial charge in [-0.1, -0.05) is 13.3 Å². The Hall–Kier alpha value is -0.900. The average Bonchev–Trinajstić information content (AvgIpc) is 2.26. The molecule has 0 aromatic rings. The molecular weight excluding hydrogens is 216 g/mol. The molecule has 17 heavy (non-hydrogen) atoms. The second-order valence-electron chi connectivity index (χ2n) is 5.10. The van der Waals surface area contributed by atoms with E-state index in [2.05, 4.69) is 24.2 Å². The fraction of sp³-hybridized carbons (Fsp3) is 0.846. The molecule has 3 unspecified atom stereocenters. The van der Waals surface area contributed by atoms with Gasteiger partial charge in [-0.05, 0) is 33.1 Å². The first-order valence-electron chi connectivity index (χ1n) is 6.46. The fourth-order valence-corrected chi connectivity index (χ4v) is 2.74. The van der Waals surface area contributed by atoms with Crippen molar-refractivity contribution in [3.8, 4) is 0 Å². The molecule has 1 aliphatic rings. The molecule has 0 aliphatic carbocycles. The van der Waals surface area contributed by atoms with E-state index in [1.54, 1.807) is 0 Å². The van der Waals surface area contributed by atoms with Crippen LogP contribution >= 0.6 is 0 Å². The van der Waals surface area contributed by atoms with Crippen molar-refractivity contribution in [2.24, 2.45) is 10.9 Å². The smallest absolute Gasteiger partial charge is 0.127 e. The van der Waals surface area contributed by atoms with Gasteiger partial charge in [-0.15, -0.1) is 0 Å². The van der Waals surface area contributed by atoms with Crippen molar-refractivity contribution in [2.45, 2.75) is 58.0 Å². The highest BCUT2D eigenvalue weighted by molar-refractivity contribution is 5.82. The van der Waals surface area contributed by atoms with Crippen LogP contribution in [0.2, 0.25) is 0 Å². The molecule has 0 aromatic carbocycles. The lowest BCUT2D eigenvalue weighted by Gasteiger charge is -2.43. The number of hydrogen-bond donors (Lipinski definition) is 2. The Bertz CT molecular complexity index is 291. The summed E-state index contributed by atoms with van der Waals surface area (Å²) in [5.74, 6) is 0.805. The van der Waals surface area contributed by atoms with Gasteiger partial charge in [0.25, 0.3) is 0 Å². The molecule has 1 heterocycles. The van der Waals surface area contributed by atoms with E-state index >= 15 is 0 Å². The fourth-order valence-electron chi connectivity index (χ4n) is 2.74. The lowest BCUT2D eigenvalue weighted by Crippen LogP contribution is -2.58. The molecule has 4 nitrogen and oxygen atoms in total. The number of amidine groups is 1. The molecule has 2 N–H and O–H groups in total. The number of aliphatic hydroxyl groups is 1. The van der Waals surface area contributed by atoms with Crippen molar-refractivity contribution in [1.29, 1.82) is 0 Å². The predicted octanol–water partition coefficient (Wildman–Crippen LogP) is 1.52. The maximum atomic E-state index is 11.4. The second kappa shape index (κ2) is 6.15. The SMILES string of the molecule is CCCC1N=C(C)NC(C)(CCCO)C1C=O. The molecule has 0 saturated heterocycles. The van der Waals surface area contributed by atoms with Crippen LogP contribution in [0.1, 0.15) is 46.5 Å². The third-order valence-electron chi connectivity index (χ3n) is 3.56. The highest BCUT2D eigenvalue weighted by Gasteiger charge is 2.41. The summed E-state index contributed by atoms with van der Waals surface area (Å²) in [6.45, 7) is 6.28. The zero-order valence-electron chi connectivity index (χ0n) is 11.1. The molecule has 0 spiro atoms. The molecular formula is C13H24N2O2. The molecule has 1 rings (SSSR count).